The van der Waals surface area contributed by atoms with Gasteiger partial charge in [0.2, 0.25) is 0 Å². The molecule has 0 atom stereocenters. The van der Waals surface area contributed by atoms with Gasteiger partial charge in [-0.15, -0.1) is 22.7 Å². The molecule has 0 unspecified atom stereocenters. The molecule has 2 aromatic heterocycles. The molecule has 0 radical (unpaired) electrons. The lowest BCUT2D eigenvalue weighted by Crippen LogP contribution is -2.13. The molecule has 0 bridgehead atoms. The number of carbonyl (C=O) groups is 2. The van der Waals surface area contributed by atoms with Crippen molar-refractivity contribution in [1.29, 1.82) is 0 Å². The average molecular weight is 378 g/mol. The molecular weight excluding hydrogens is 366 g/mol. The van der Waals surface area contributed by atoms with Gasteiger partial charge in [0.15, 0.2) is 0 Å². The second-order valence-corrected chi connectivity index (χ2v) is 7.28. The summed E-state index contributed by atoms with van der Waals surface area (Å²) in [6.45, 7) is 1.84. The van der Waals surface area contributed by atoms with E-state index in [4.69, 9.17) is 11.6 Å². The summed E-state index contributed by atoms with van der Waals surface area (Å²) >= 11 is 8.40. The van der Waals surface area contributed by atoms with Crippen LogP contribution in [0.3, 0.4) is 0 Å². The number of rotatable bonds is 4. The van der Waals surface area contributed by atoms with Crippen molar-refractivity contribution in [2.45, 2.75) is 6.92 Å². The number of benzene rings is 1. The number of hydrogen-bond donors (Lipinski definition) is 2. The van der Waals surface area contributed by atoms with E-state index in [2.05, 4.69) is 5.32 Å². The van der Waals surface area contributed by atoms with Crippen LogP contribution < -0.4 is 5.32 Å². The largest absolute Gasteiger partial charge is 0.478 e. The minimum atomic E-state index is -1.08. The number of amides is 1. The maximum absolute atomic E-state index is 12.4. The van der Waals surface area contributed by atoms with Gasteiger partial charge in [-0.1, -0.05) is 23.7 Å². The normalized spacial score (nSPS) is 10.6. The topological polar surface area (TPSA) is 66.4 Å². The van der Waals surface area contributed by atoms with E-state index in [9.17, 15) is 14.7 Å². The molecule has 122 valence electrons. The number of halogens is 1. The van der Waals surface area contributed by atoms with E-state index in [0.29, 0.717) is 20.5 Å². The molecule has 2 N–H and O–H groups in total. The molecule has 24 heavy (non-hydrogen) atoms. The lowest BCUT2D eigenvalue weighted by atomic mass is 10.0. The maximum atomic E-state index is 12.4. The minimum absolute atomic E-state index is 0.0879. The highest BCUT2D eigenvalue weighted by Gasteiger charge is 2.22. The van der Waals surface area contributed by atoms with Crippen molar-refractivity contribution in [3.63, 3.8) is 0 Å². The summed E-state index contributed by atoms with van der Waals surface area (Å²) < 4.78 is 0. The van der Waals surface area contributed by atoms with Crippen LogP contribution in [0.25, 0.3) is 11.1 Å². The predicted octanol–water partition coefficient (Wildman–Crippen LogP) is 5.39. The fraction of sp³-hybridized carbons (Fsp3) is 0.0588. The van der Waals surface area contributed by atoms with Crippen molar-refractivity contribution in [3.8, 4) is 11.1 Å². The Bertz CT molecular complexity index is 912. The Morgan fingerprint density at radius 1 is 1.12 bits per heavy atom. The first-order valence-corrected chi connectivity index (χ1v) is 9.07. The Kier molecular flexibility index (Phi) is 4.71. The third-order valence-electron chi connectivity index (χ3n) is 3.46. The number of anilines is 1. The molecule has 4 nitrogen and oxygen atoms in total. The smallest absolute Gasteiger partial charge is 0.339 e. The summed E-state index contributed by atoms with van der Waals surface area (Å²) in [5, 5.41) is 16.8. The minimum Gasteiger partial charge on any atom is -0.478 e. The van der Waals surface area contributed by atoms with Gasteiger partial charge in [-0.05, 0) is 41.6 Å². The van der Waals surface area contributed by atoms with Crippen molar-refractivity contribution in [2.75, 3.05) is 5.32 Å². The Morgan fingerprint density at radius 3 is 2.42 bits per heavy atom. The number of hydrogen-bond acceptors (Lipinski definition) is 4. The van der Waals surface area contributed by atoms with Crippen molar-refractivity contribution < 1.29 is 14.7 Å². The maximum Gasteiger partial charge on any atom is 0.339 e. The second kappa shape index (κ2) is 6.76. The molecule has 0 spiro atoms. The van der Waals surface area contributed by atoms with E-state index in [0.717, 1.165) is 11.1 Å². The Balaban J connectivity index is 1.98. The summed E-state index contributed by atoms with van der Waals surface area (Å²) in [6, 6.07) is 8.77. The van der Waals surface area contributed by atoms with Crippen LogP contribution in [0.1, 0.15) is 25.6 Å². The number of carboxylic acid groups (broad SMARTS) is 1. The fourth-order valence-electron chi connectivity index (χ4n) is 2.27. The monoisotopic (exact) mass is 377 g/mol. The lowest BCUT2D eigenvalue weighted by Gasteiger charge is -2.06. The van der Waals surface area contributed by atoms with Gasteiger partial charge in [-0.25, -0.2) is 4.79 Å². The number of aromatic carboxylic acids is 1. The van der Waals surface area contributed by atoms with E-state index >= 15 is 0 Å². The fourth-order valence-corrected chi connectivity index (χ4v) is 4.17. The average Bonchev–Trinajstić information content (AvgIpc) is 3.14. The summed E-state index contributed by atoms with van der Waals surface area (Å²) in [4.78, 5) is 24.6. The molecule has 3 aromatic rings. The van der Waals surface area contributed by atoms with Crippen molar-refractivity contribution in [3.05, 3.63) is 62.1 Å². The zero-order chi connectivity index (χ0) is 17.3. The molecular formula is C17H12ClNO3S2. The van der Waals surface area contributed by atoms with E-state index in [1.54, 1.807) is 29.6 Å². The van der Waals surface area contributed by atoms with Gasteiger partial charge in [0, 0.05) is 16.0 Å². The molecule has 1 aromatic carbocycles. The first-order chi connectivity index (χ1) is 11.5. The zero-order valence-corrected chi connectivity index (χ0v) is 14.9. The molecule has 2 heterocycles. The quantitative estimate of drug-likeness (QED) is 0.640. The van der Waals surface area contributed by atoms with Crippen LogP contribution in [-0.2, 0) is 0 Å². The zero-order valence-electron chi connectivity index (χ0n) is 12.5. The lowest BCUT2D eigenvalue weighted by molar-refractivity contribution is 0.0699. The van der Waals surface area contributed by atoms with Gasteiger partial charge in [0.05, 0.1) is 4.88 Å². The summed E-state index contributed by atoms with van der Waals surface area (Å²) in [5.41, 5.74) is 2.25. The van der Waals surface area contributed by atoms with E-state index in [1.807, 2.05) is 18.4 Å². The van der Waals surface area contributed by atoms with Crippen LogP contribution in [-0.4, -0.2) is 17.0 Å². The van der Waals surface area contributed by atoms with Gasteiger partial charge >= 0.3 is 5.97 Å². The van der Waals surface area contributed by atoms with Crippen molar-refractivity contribution in [1.82, 2.24) is 0 Å². The van der Waals surface area contributed by atoms with Gasteiger partial charge in [-0.3, -0.25) is 4.79 Å². The van der Waals surface area contributed by atoms with Gasteiger partial charge in [0.1, 0.15) is 10.6 Å². The summed E-state index contributed by atoms with van der Waals surface area (Å²) in [6.07, 6.45) is 0. The van der Waals surface area contributed by atoms with Crippen LogP contribution >= 0.6 is 34.3 Å². The predicted molar refractivity (Wildman–Crippen MR) is 98.7 cm³/mol. The standard InChI is InChI=1S/C17H12ClNO3S2/c1-9-6-7-23-14(9)15(20)19-16-13(17(21)22)12(8-24-16)10-2-4-11(18)5-3-10/h2-8H,1H3,(H,19,20)(H,21,22). The molecule has 0 aliphatic carbocycles. The van der Waals surface area contributed by atoms with Crippen LogP contribution in [0.2, 0.25) is 5.02 Å². The van der Waals surface area contributed by atoms with E-state index in [-0.39, 0.29) is 11.5 Å². The van der Waals surface area contributed by atoms with Gasteiger partial charge in [-0.2, -0.15) is 0 Å². The molecule has 3 rings (SSSR count). The van der Waals surface area contributed by atoms with E-state index < -0.39 is 5.97 Å². The number of thiophene rings is 2. The second-order valence-electron chi connectivity index (χ2n) is 5.05. The summed E-state index contributed by atoms with van der Waals surface area (Å²) in [5.74, 6) is -1.38. The molecule has 0 fully saturated rings. The molecule has 7 heteroatoms. The number of carbonyl (C=O) groups excluding carboxylic acids is 1. The number of nitrogens with one attached hydrogen (secondary N) is 1. The highest BCUT2D eigenvalue weighted by molar-refractivity contribution is 7.15. The Labute approximate surface area is 151 Å². The molecule has 1 amide bonds. The van der Waals surface area contributed by atoms with Crippen LogP contribution in [0, 0.1) is 6.92 Å². The van der Waals surface area contributed by atoms with Gasteiger partial charge < -0.3 is 10.4 Å². The molecule has 0 aliphatic heterocycles. The third-order valence-corrected chi connectivity index (χ3v) is 5.62. The van der Waals surface area contributed by atoms with Gasteiger partial charge in [0.25, 0.3) is 5.91 Å². The van der Waals surface area contributed by atoms with Crippen molar-refractivity contribution >= 4 is 51.2 Å². The molecule has 0 saturated carbocycles. The first kappa shape index (κ1) is 16.7. The Morgan fingerprint density at radius 2 is 1.83 bits per heavy atom. The number of carboxylic acids is 1. The van der Waals surface area contributed by atoms with Crippen molar-refractivity contribution in [2.24, 2.45) is 0 Å². The molecule has 0 saturated heterocycles. The number of aryl methyl sites for hydroxylation is 1. The third kappa shape index (κ3) is 3.21. The van der Waals surface area contributed by atoms with Crippen LogP contribution in [0.15, 0.2) is 41.1 Å². The SMILES string of the molecule is Cc1ccsc1C(=O)Nc1scc(-c2ccc(Cl)cc2)c1C(=O)O. The van der Waals surface area contributed by atoms with E-state index in [1.165, 1.54) is 22.7 Å². The first-order valence-electron chi connectivity index (χ1n) is 6.93. The van der Waals surface area contributed by atoms with Crippen LogP contribution in [0.4, 0.5) is 5.00 Å². The Hall–Kier alpha value is -2.15. The summed E-state index contributed by atoms with van der Waals surface area (Å²) in [7, 11) is 0. The molecule has 0 aliphatic rings. The highest BCUT2D eigenvalue weighted by Crippen LogP contribution is 2.36. The highest BCUT2D eigenvalue weighted by atomic mass is 35.5. The van der Waals surface area contributed by atoms with Crippen LogP contribution in [0.5, 0.6) is 0 Å².